The number of nitrogens with one attached hydrogen (secondary N) is 2. The molecule has 2 rings (SSSR count). The summed E-state index contributed by atoms with van der Waals surface area (Å²) in [6.07, 6.45) is 5.94. The van der Waals surface area contributed by atoms with Crippen LogP contribution in [0.1, 0.15) is 18.9 Å². The highest BCUT2D eigenvalue weighted by Gasteiger charge is 1.96. The Morgan fingerprint density at radius 2 is 1.74 bits per heavy atom. The molecule has 0 atom stereocenters. The molecule has 0 aliphatic heterocycles. The van der Waals surface area contributed by atoms with E-state index < -0.39 is 0 Å². The Balaban J connectivity index is 1.75. The van der Waals surface area contributed by atoms with E-state index in [0.29, 0.717) is 0 Å². The quantitative estimate of drug-likeness (QED) is 0.743. The lowest BCUT2D eigenvalue weighted by Crippen LogP contribution is -2.04. The molecule has 3 nitrogen and oxygen atoms in total. The number of aromatic nitrogens is 1. The first kappa shape index (κ1) is 13.4. The average Bonchev–Trinajstić information content (AvgIpc) is 2.46. The standard InChI is InChI=1S/C16H21N3/c1-2-18-15-11-16(13-17-12-15)19-10-6-9-14-7-4-3-5-8-14/h3-5,7-8,11-13,18-19H,2,6,9-10H2,1H3. The van der Waals surface area contributed by atoms with Crippen LogP contribution < -0.4 is 10.6 Å². The van der Waals surface area contributed by atoms with E-state index in [-0.39, 0.29) is 0 Å². The molecule has 0 aliphatic carbocycles. The molecule has 1 aromatic heterocycles. The van der Waals surface area contributed by atoms with Crippen LogP contribution in [0, 0.1) is 0 Å². The van der Waals surface area contributed by atoms with Gasteiger partial charge in [-0.05, 0) is 31.4 Å². The molecule has 0 bridgehead atoms. The smallest absolute Gasteiger partial charge is 0.0547 e. The van der Waals surface area contributed by atoms with Gasteiger partial charge in [0.05, 0.1) is 23.8 Å². The third-order valence-corrected chi connectivity index (χ3v) is 2.93. The fourth-order valence-corrected chi connectivity index (χ4v) is 2.01. The molecule has 1 heterocycles. The second-order valence-electron chi connectivity index (χ2n) is 4.51. The average molecular weight is 255 g/mol. The van der Waals surface area contributed by atoms with Crippen LogP contribution in [-0.4, -0.2) is 18.1 Å². The molecular formula is C16H21N3. The van der Waals surface area contributed by atoms with Gasteiger partial charge in [0.1, 0.15) is 0 Å². The molecule has 2 aromatic rings. The first-order chi connectivity index (χ1) is 9.38. The van der Waals surface area contributed by atoms with Gasteiger partial charge < -0.3 is 10.6 Å². The molecule has 0 spiro atoms. The molecule has 0 fully saturated rings. The Kier molecular flexibility index (Phi) is 5.23. The van der Waals surface area contributed by atoms with Gasteiger partial charge in [0.25, 0.3) is 0 Å². The lowest BCUT2D eigenvalue weighted by atomic mass is 10.1. The maximum atomic E-state index is 4.22. The Morgan fingerprint density at radius 3 is 2.47 bits per heavy atom. The number of aryl methyl sites for hydroxylation is 1. The number of anilines is 2. The van der Waals surface area contributed by atoms with Crippen LogP contribution in [0.3, 0.4) is 0 Å². The Labute approximate surface area is 115 Å². The third-order valence-electron chi connectivity index (χ3n) is 2.93. The largest absolute Gasteiger partial charge is 0.384 e. The molecule has 2 N–H and O–H groups in total. The number of rotatable bonds is 7. The van der Waals surface area contributed by atoms with Crippen molar-refractivity contribution in [1.82, 2.24) is 4.98 Å². The topological polar surface area (TPSA) is 37.0 Å². The molecule has 0 amide bonds. The number of benzene rings is 1. The lowest BCUT2D eigenvalue weighted by Gasteiger charge is -2.08. The normalized spacial score (nSPS) is 10.2. The highest BCUT2D eigenvalue weighted by molar-refractivity contribution is 5.53. The van der Waals surface area contributed by atoms with E-state index in [1.807, 2.05) is 12.4 Å². The maximum absolute atomic E-state index is 4.22. The van der Waals surface area contributed by atoms with Gasteiger partial charge in [-0.1, -0.05) is 30.3 Å². The van der Waals surface area contributed by atoms with Crippen molar-refractivity contribution in [2.45, 2.75) is 19.8 Å². The summed E-state index contributed by atoms with van der Waals surface area (Å²) in [5.41, 5.74) is 3.53. The van der Waals surface area contributed by atoms with Crippen molar-refractivity contribution in [2.24, 2.45) is 0 Å². The highest BCUT2D eigenvalue weighted by atomic mass is 14.9. The van der Waals surface area contributed by atoms with E-state index in [4.69, 9.17) is 0 Å². The van der Waals surface area contributed by atoms with Crippen molar-refractivity contribution >= 4 is 11.4 Å². The predicted molar refractivity (Wildman–Crippen MR) is 81.7 cm³/mol. The summed E-state index contributed by atoms with van der Waals surface area (Å²) in [5, 5.41) is 6.67. The summed E-state index contributed by atoms with van der Waals surface area (Å²) in [5.74, 6) is 0. The van der Waals surface area contributed by atoms with Gasteiger partial charge >= 0.3 is 0 Å². The van der Waals surface area contributed by atoms with E-state index in [1.54, 1.807) is 0 Å². The van der Waals surface area contributed by atoms with Gasteiger partial charge in [-0.25, -0.2) is 0 Å². The first-order valence-electron chi connectivity index (χ1n) is 6.85. The summed E-state index contributed by atoms with van der Waals surface area (Å²) >= 11 is 0. The summed E-state index contributed by atoms with van der Waals surface area (Å²) < 4.78 is 0. The number of hydrogen-bond acceptors (Lipinski definition) is 3. The minimum atomic E-state index is 0.916. The SMILES string of the molecule is CCNc1cncc(NCCCc2ccccc2)c1. The Bertz CT molecular complexity index is 482. The Morgan fingerprint density at radius 1 is 1.00 bits per heavy atom. The van der Waals surface area contributed by atoms with Gasteiger partial charge in [0, 0.05) is 13.1 Å². The van der Waals surface area contributed by atoms with E-state index in [9.17, 15) is 0 Å². The van der Waals surface area contributed by atoms with Crippen LogP contribution in [0.2, 0.25) is 0 Å². The monoisotopic (exact) mass is 255 g/mol. The van der Waals surface area contributed by atoms with E-state index in [0.717, 1.165) is 37.3 Å². The molecule has 0 aliphatic rings. The van der Waals surface area contributed by atoms with Crippen LogP contribution in [0.4, 0.5) is 11.4 Å². The van der Waals surface area contributed by atoms with Gasteiger partial charge in [0.2, 0.25) is 0 Å². The predicted octanol–water partition coefficient (Wildman–Crippen LogP) is 3.56. The lowest BCUT2D eigenvalue weighted by molar-refractivity contribution is 0.862. The molecule has 1 aromatic carbocycles. The van der Waals surface area contributed by atoms with Crippen molar-refractivity contribution in [3.8, 4) is 0 Å². The van der Waals surface area contributed by atoms with E-state index in [2.05, 4.69) is 58.9 Å². The number of nitrogens with zero attached hydrogens (tertiary/aromatic N) is 1. The second-order valence-corrected chi connectivity index (χ2v) is 4.51. The summed E-state index contributed by atoms with van der Waals surface area (Å²) in [4.78, 5) is 4.22. The van der Waals surface area contributed by atoms with Crippen LogP contribution in [0.15, 0.2) is 48.8 Å². The van der Waals surface area contributed by atoms with Crippen molar-refractivity contribution in [1.29, 1.82) is 0 Å². The molecule has 0 saturated carbocycles. The number of pyridine rings is 1. The van der Waals surface area contributed by atoms with Crippen LogP contribution in [0.25, 0.3) is 0 Å². The molecule has 0 saturated heterocycles. The van der Waals surface area contributed by atoms with Crippen LogP contribution in [-0.2, 0) is 6.42 Å². The van der Waals surface area contributed by atoms with Crippen LogP contribution >= 0.6 is 0 Å². The second kappa shape index (κ2) is 7.41. The fraction of sp³-hybridized carbons (Fsp3) is 0.312. The minimum absolute atomic E-state index is 0.916. The Hall–Kier alpha value is -2.03. The van der Waals surface area contributed by atoms with Crippen molar-refractivity contribution in [3.63, 3.8) is 0 Å². The van der Waals surface area contributed by atoms with Crippen molar-refractivity contribution in [2.75, 3.05) is 23.7 Å². The van der Waals surface area contributed by atoms with Gasteiger partial charge in [-0.15, -0.1) is 0 Å². The minimum Gasteiger partial charge on any atom is -0.384 e. The summed E-state index contributed by atoms with van der Waals surface area (Å²) in [7, 11) is 0. The molecular weight excluding hydrogens is 234 g/mol. The van der Waals surface area contributed by atoms with Crippen molar-refractivity contribution < 1.29 is 0 Å². The van der Waals surface area contributed by atoms with Gasteiger partial charge in [0.15, 0.2) is 0 Å². The maximum Gasteiger partial charge on any atom is 0.0547 e. The van der Waals surface area contributed by atoms with E-state index in [1.165, 1.54) is 5.56 Å². The molecule has 0 unspecified atom stereocenters. The highest BCUT2D eigenvalue weighted by Crippen LogP contribution is 2.12. The molecule has 3 heteroatoms. The fourth-order valence-electron chi connectivity index (χ4n) is 2.01. The van der Waals surface area contributed by atoms with Crippen molar-refractivity contribution in [3.05, 3.63) is 54.4 Å². The number of hydrogen-bond donors (Lipinski definition) is 2. The molecule has 100 valence electrons. The zero-order valence-electron chi connectivity index (χ0n) is 11.4. The summed E-state index contributed by atoms with van der Waals surface area (Å²) in [6.45, 7) is 3.96. The van der Waals surface area contributed by atoms with Gasteiger partial charge in [-0.2, -0.15) is 0 Å². The summed E-state index contributed by atoms with van der Waals surface area (Å²) in [6, 6.07) is 12.7. The zero-order valence-corrected chi connectivity index (χ0v) is 11.4. The van der Waals surface area contributed by atoms with Crippen LogP contribution in [0.5, 0.6) is 0 Å². The van der Waals surface area contributed by atoms with Gasteiger partial charge in [-0.3, -0.25) is 4.98 Å². The third kappa shape index (κ3) is 4.62. The first-order valence-corrected chi connectivity index (χ1v) is 6.85. The van der Waals surface area contributed by atoms with E-state index >= 15 is 0 Å². The molecule has 0 radical (unpaired) electrons. The molecule has 19 heavy (non-hydrogen) atoms. The zero-order chi connectivity index (χ0) is 13.3.